The minimum Gasteiger partial charge on any atom is -0.256 e. The first-order valence-corrected chi connectivity index (χ1v) is 7.47. The van der Waals surface area contributed by atoms with Crippen molar-refractivity contribution in [3.8, 4) is 22.4 Å². The second-order valence-corrected chi connectivity index (χ2v) is 5.24. The van der Waals surface area contributed by atoms with E-state index in [2.05, 4.69) is 60.4 Å². The van der Waals surface area contributed by atoms with Crippen molar-refractivity contribution in [2.24, 2.45) is 0 Å². The Morgan fingerprint density at radius 2 is 1.57 bits per heavy atom. The van der Waals surface area contributed by atoms with Gasteiger partial charge in [-0.3, -0.25) is 4.98 Å². The molecule has 0 atom stereocenters. The lowest BCUT2D eigenvalue weighted by Gasteiger charge is -2.06. The number of pyridine rings is 1. The second-order valence-electron chi connectivity index (χ2n) is 5.24. The van der Waals surface area contributed by atoms with E-state index in [9.17, 15) is 0 Å². The summed E-state index contributed by atoms with van der Waals surface area (Å²) in [6.45, 7) is 2.21. The third kappa shape index (κ3) is 3.19. The molecule has 2 aromatic carbocycles. The van der Waals surface area contributed by atoms with Crippen LogP contribution in [0.15, 0.2) is 72.9 Å². The summed E-state index contributed by atoms with van der Waals surface area (Å²) in [4.78, 5) is 4.42. The maximum atomic E-state index is 4.42. The van der Waals surface area contributed by atoms with Crippen LogP contribution in [0.3, 0.4) is 0 Å². The fraction of sp³-hybridized carbons (Fsp3) is 0.150. The van der Waals surface area contributed by atoms with Gasteiger partial charge in [0.2, 0.25) is 0 Å². The van der Waals surface area contributed by atoms with E-state index < -0.39 is 0 Å². The Morgan fingerprint density at radius 3 is 2.29 bits per heavy atom. The fourth-order valence-electron chi connectivity index (χ4n) is 2.54. The molecular formula is C20H19N. The van der Waals surface area contributed by atoms with Crippen molar-refractivity contribution in [2.75, 3.05) is 0 Å². The Balaban J connectivity index is 1.92. The van der Waals surface area contributed by atoms with Crippen LogP contribution >= 0.6 is 0 Å². The lowest BCUT2D eigenvalue weighted by Crippen LogP contribution is -1.85. The molecular weight excluding hydrogens is 254 g/mol. The summed E-state index contributed by atoms with van der Waals surface area (Å²) in [6.07, 6.45) is 4.17. The van der Waals surface area contributed by atoms with Gasteiger partial charge in [0, 0.05) is 11.8 Å². The van der Waals surface area contributed by atoms with Gasteiger partial charge in [-0.15, -0.1) is 0 Å². The topological polar surface area (TPSA) is 12.9 Å². The molecule has 0 unspecified atom stereocenters. The third-order valence-electron chi connectivity index (χ3n) is 3.65. The highest BCUT2D eigenvalue weighted by atomic mass is 14.7. The Kier molecular flexibility index (Phi) is 4.11. The fourth-order valence-corrected chi connectivity index (χ4v) is 2.54. The molecule has 21 heavy (non-hydrogen) atoms. The second kappa shape index (κ2) is 6.36. The number of rotatable bonds is 4. The van der Waals surface area contributed by atoms with Gasteiger partial charge in [0.25, 0.3) is 0 Å². The number of aromatic nitrogens is 1. The highest BCUT2D eigenvalue weighted by Gasteiger charge is 2.02. The zero-order chi connectivity index (χ0) is 14.5. The van der Waals surface area contributed by atoms with Gasteiger partial charge in [-0.1, -0.05) is 61.9 Å². The van der Waals surface area contributed by atoms with Crippen LogP contribution in [0.5, 0.6) is 0 Å². The molecule has 1 nitrogen and oxygen atoms in total. The largest absolute Gasteiger partial charge is 0.256 e. The van der Waals surface area contributed by atoms with Crippen molar-refractivity contribution in [2.45, 2.75) is 19.8 Å². The summed E-state index contributed by atoms with van der Waals surface area (Å²) in [6, 6.07) is 23.5. The minimum absolute atomic E-state index is 1.02. The van der Waals surface area contributed by atoms with E-state index in [1.807, 2.05) is 24.4 Å². The van der Waals surface area contributed by atoms with Gasteiger partial charge >= 0.3 is 0 Å². The first-order valence-electron chi connectivity index (χ1n) is 7.47. The van der Waals surface area contributed by atoms with Gasteiger partial charge in [-0.05, 0) is 41.3 Å². The van der Waals surface area contributed by atoms with E-state index in [4.69, 9.17) is 0 Å². The van der Waals surface area contributed by atoms with Crippen LogP contribution in [-0.4, -0.2) is 4.98 Å². The Hall–Kier alpha value is -2.41. The molecule has 0 aliphatic heterocycles. The molecule has 0 N–H and O–H groups in total. The predicted molar refractivity (Wildman–Crippen MR) is 89.1 cm³/mol. The first kappa shape index (κ1) is 13.6. The van der Waals surface area contributed by atoms with Crippen molar-refractivity contribution in [1.82, 2.24) is 4.98 Å². The summed E-state index contributed by atoms with van der Waals surface area (Å²) in [5, 5.41) is 0. The molecule has 104 valence electrons. The summed E-state index contributed by atoms with van der Waals surface area (Å²) in [5.41, 5.74) is 6.07. The maximum absolute atomic E-state index is 4.42. The zero-order valence-electron chi connectivity index (χ0n) is 12.3. The average molecular weight is 273 g/mol. The standard InChI is InChI=1S/C20H19N/c1-2-6-16-10-12-17(13-11-16)18-7-5-8-19(15-18)20-9-3-4-14-21-20/h3-5,7-15H,2,6H2,1H3. The normalized spacial score (nSPS) is 10.5. The molecule has 0 saturated heterocycles. The summed E-state index contributed by atoms with van der Waals surface area (Å²) < 4.78 is 0. The van der Waals surface area contributed by atoms with Crippen LogP contribution in [0.4, 0.5) is 0 Å². The molecule has 0 amide bonds. The van der Waals surface area contributed by atoms with Crippen LogP contribution in [0, 0.1) is 0 Å². The van der Waals surface area contributed by atoms with Gasteiger partial charge in [0.15, 0.2) is 0 Å². The van der Waals surface area contributed by atoms with E-state index in [0.717, 1.165) is 17.7 Å². The lowest BCUT2D eigenvalue weighted by molar-refractivity contribution is 0.922. The Morgan fingerprint density at radius 1 is 0.762 bits per heavy atom. The van der Waals surface area contributed by atoms with Crippen molar-refractivity contribution < 1.29 is 0 Å². The number of hydrogen-bond donors (Lipinski definition) is 0. The van der Waals surface area contributed by atoms with Crippen LogP contribution < -0.4 is 0 Å². The number of benzene rings is 2. The van der Waals surface area contributed by atoms with Gasteiger partial charge in [0.05, 0.1) is 5.69 Å². The summed E-state index contributed by atoms with van der Waals surface area (Å²) in [7, 11) is 0. The van der Waals surface area contributed by atoms with E-state index in [1.165, 1.54) is 23.1 Å². The van der Waals surface area contributed by atoms with Crippen molar-refractivity contribution in [1.29, 1.82) is 0 Å². The Labute approximate surface area is 126 Å². The van der Waals surface area contributed by atoms with Crippen molar-refractivity contribution in [3.05, 3.63) is 78.5 Å². The molecule has 0 radical (unpaired) electrons. The quantitative estimate of drug-likeness (QED) is 0.623. The maximum Gasteiger partial charge on any atom is 0.0702 e. The molecule has 0 fully saturated rings. The third-order valence-corrected chi connectivity index (χ3v) is 3.65. The molecule has 0 spiro atoms. The van der Waals surface area contributed by atoms with E-state index >= 15 is 0 Å². The predicted octanol–water partition coefficient (Wildman–Crippen LogP) is 5.37. The molecule has 1 aromatic heterocycles. The van der Waals surface area contributed by atoms with Crippen LogP contribution in [0.1, 0.15) is 18.9 Å². The van der Waals surface area contributed by atoms with E-state index in [0.29, 0.717) is 0 Å². The molecule has 0 aliphatic rings. The van der Waals surface area contributed by atoms with Gasteiger partial charge < -0.3 is 0 Å². The smallest absolute Gasteiger partial charge is 0.0702 e. The zero-order valence-corrected chi connectivity index (χ0v) is 12.3. The molecule has 1 heterocycles. The minimum atomic E-state index is 1.02. The molecule has 3 rings (SSSR count). The molecule has 0 aliphatic carbocycles. The SMILES string of the molecule is CCCc1ccc(-c2cccc(-c3ccccn3)c2)cc1. The van der Waals surface area contributed by atoms with E-state index in [1.54, 1.807) is 0 Å². The number of hydrogen-bond acceptors (Lipinski definition) is 1. The average Bonchev–Trinajstić information content (AvgIpc) is 2.57. The Bertz CT molecular complexity index is 699. The number of nitrogens with zero attached hydrogens (tertiary/aromatic N) is 1. The van der Waals surface area contributed by atoms with Crippen LogP contribution in [-0.2, 0) is 6.42 Å². The summed E-state index contributed by atoms with van der Waals surface area (Å²) in [5.74, 6) is 0. The first-order chi connectivity index (χ1) is 10.4. The lowest BCUT2D eigenvalue weighted by atomic mass is 9.99. The highest BCUT2D eigenvalue weighted by molar-refractivity contribution is 5.71. The van der Waals surface area contributed by atoms with Crippen molar-refractivity contribution >= 4 is 0 Å². The van der Waals surface area contributed by atoms with Crippen LogP contribution in [0.2, 0.25) is 0 Å². The summed E-state index contributed by atoms with van der Waals surface area (Å²) >= 11 is 0. The van der Waals surface area contributed by atoms with Gasteiger partial charge in [0.1, 0.15) is 0 Å². The monoisotopic (exact) mass is 273 g/mol. The van der Waals surface area contributed by atoms with Crippen molar-refractivity contribution in [3.63, 3.8) is 0 Å². The molecule has 3 aromatic rings. The van der Waals surface area contributed by atoms with Crippen LogP contribution in [0.25, 0.3) is 22.4 Å². The molecule has 1 heteroatoms. The van der Waals surface area contributed by atoms with E-state index in [-0.39, 0.29) is 0 Å². The molecule has 0 saturated carbocycles. The molecule has 0 bridgehead atoms. The van der Waals surface area contributed by atoms with Gasteiger partial charge in [-0.25, -0.2) is 0 Å². The highest BCUT2D eigenvalue weighted by Crippen LogP contribution is 2.25. The number of aryl methyl sites for hydroxylation is 1. The van der Waals surface area contributed by atoms with Gasteiger partial charge in [-0.2, -0.15) is 0 Å².